The average Bonchev–Trinajstić information content (AvgIpc) is 3.31. The van der Waals surface area contributed by atoms with Crippen LogP contribution in [-0.2, 0) is 38.0 Å². The quantitative estimate of drug-likeness (QED) is 0.0148. The Morgan fingerprint density at radius 2 is 0.955 bits per heavy atom. The van der Waals surface area contributed by atoms with E-state index in [0.29, 0.717) is 12.8 Å². The molecule has 0 aromatic heterocycles. The second-order valence-corrected chi connectivity index (χ2v) is 17.7. The zero-order chi connectivity index (χ0) is 48.2. The summed E-state index contributed by atoms with van der Waals surface area (Å²) in [7, 11) is 0. The van der Waals surface area contributed by atoms with Crippen LogP contribution < -0.4 is 0 Å². The second kappa shape index (κ2) is 38.3. The number of hydrogen-bond donors (Lipinski definition) is 7. The third-order valence-corrected chi connectivity index (χ3v) is 11.8. The van der Waals surface area contributed by atoms with E-state index in [4.69, 9.17) is 28.4 Å². The van der Waals surface area contributed by atoms with Crippen LogP contribution in [0.4, 0.5) is 0 Å². The summed E-state index contributed by atoms with van der Waals surface area (Å²) in [6.07, 6.45) is 24.3. The van der Waals surface area contributed by atoms with E-state index in [9.17, 15) is 45.3 Å². The summed E-state index contributed by atoms with van der Waals surface area (Å²) in [4.78, 5) is 25.7. The molecule has 0 aromatic rings. The number of esters is 2. The molecule has 0 aromatic carbocycles. The molecule has 0 saturated carbocycles. The summed E-state index contributed by atoms with van der Waals surface area (Å²) < 4.78 is 33.5. The molecule has 0 spiro atoms. The summed E-state index contributed by atoms with van der Waals surface area (Å²) in [6.45, 7) is 2.50. The van der Waals surface area contributed by atoms with Crippen molar-refractivity contribution in [3.8, 4) is 0 Å². The molecule has 0 bridgehead atoms. The summed E-state index contributed by atoms with van der Waals surface area (Å²) >= 11 is 0. The third kappa shape index (κ3) is 26.3. The van der Waals surface area contributed by atoms with Gasteiger partial charge in [0.05, 0.1) is 19.8 Å². The van der Waals surface area contributed by atoms with Crippen LogP contribution in [0.1, 0.15) is 168 Å². The maximum absolute atomic E-state index is 13.0. The fourth-order valence-corrected chi connectivity index (χ4v) is 7.59. The minimum absolute atomic E-state index is 0.118. The van der Waals surface area contributed by atoms with Crippen molar-refractivity contribution in [1.82, 2.24) is 0 Å². The van der Waals surface area contributed by atoms with Gasteiger partial charge in [0, 0.05) is 12.8 Å². The first-order valence-electron chi connectivity index (χ1n) is 25.2. The molecule has 2 fully saturated rings. The minimum Gasteiger partial charge on any atom is -0.462 e. The van der Waals surface area contributed by atoms with Crippen molar-refractivity contribution in [2.75, 3.05) is 26.4 Å². The molecule has 2 aliphatic rings. The van der Waals surface area contributed by atoms with E-state index in [0.717, 1.165) is 64.2 Å². The standard InChI is InChI=1S/C51H88O15/c1-3-5-7-9-11-13-15-17-19-21-23-25-27-29-31-33-42(53)61-36-39(64-43(54)34-32-30-28-26-24-22-20-18-16-14-12-10-8-6-4-2)37-62-50-49(60)47(58)45(56)41(66-50)38-63-51-48(59)46(57)44(55)40(35-52)65-51/h13,15,17-20,24,26,39-41,44-52,55-60H,3-12,14,16,21-23,25,27-38H2,1-2H3/b15-13+,19-17+,20-18+,26-24+/t39-,40-,41-,44+,45+,46?,47?,48?,49?,50-,51-/m1/s1. The predicted molar refractivity (Wildman–Crippen MR) is 252 cm³/mol. The Labute approximate surface area is 395 Å². The van der Waals surface area contributed by atoms with E-state index < -0.39 is 99.3 Å². The highest BCUT2D eigenvalue weighted by atomic mass is 16.7. The van der Waals surface area contributed by atoms with Crippen molar-refractivity contribution >= 4 is 11.9 Å². The molecule has 2 saturated heterocycles. The van der Waals surface area contributed by atoms with Crippen LogP contribution >= 0.6 is 0 Å². The number of ether oxygens (including phenoxy) is 6. The second-order valence-electron chi connectivity index (χ2n) is 17.7. The first-order chi connectivity index (χ1) is 32.0. The van der Waals surface area contributed by atoms with Gasteiger partial charge in [0.1, 0.15) is 55.4 Å². The number of aliphatic hydroxyl groups is 7. The summed E-state index contributed by atoms with van der Waals surface area (Å²) in [6, 6.07) is 0. The monoisotopic (exact) mass is 941 g/mol. The van der Waals surface area contributed by atoms with Crippen molar-refractivity contribution in [2.45, 2.75) is 235 Å². The van der Waals surface area contributed by atoms with Crippen LogP contribution in [0.3, 0.4) is 0 Å². The van der Waals surface area contributed by atoms with Gasteiger partial charge in [0.2, 0.25) is 0 Å². The summed E-state index contributed by atoms with van der Waals surface area (Å²) in [5.74, 6) is -0.983. The van der Waals surface area contributed by atoms with Gasteiger partial charge in [0.25, 0.3) is 0 Å². The van der Waals surface area contributed by atoms with Gasteiger partial charge < -0.3 is 64.2 Å². The van der Waals surface area contributed by atoms with Gasteiger partial charge >= 0.3 is 11.9 Å². The molecule has 382 valence electrons. The lowest BCUT2D eigenvalue weighted by Crippen LogP contribution is -2.61. The molecule has 7 N–H and O–H groups in total. The molecule has 15 nitrogen and oxygen atoms in total. The molecule has 2 aliphatic heterocycles. The molecule has 2 heterocycles. The maximum atomic E-state index is 13.0. The third-order valence-electron chi connectivity index (χ3n) is 11.8. The zero-order valence-electron chi connectivity index (χ0n) is 40.2. The fourth-order valence-electron chi connectivity index (χ4n) is 7.59. The molecule has 0 aliphatic carbocycles. The highest BCUT2D eigenvalue weighted by molar-refractivity contribution is 5.70. The maximum Gasteiger partial charge on any atom is 0.306 e. The molecule has 4 unspecified atom stereocenters. The number of aliphatic hydroxyl groups excluding tert-OH is 7. The number of unbranched alkanes of at least 4 members (excludes halogenated alkanes) is 17. The molecule has 0 radical (unpaired) electrons. The fraction of sp³-hybridized carbons (Fsp3) is 0.804. The average molecular weight is 941 g/mol. The molecular weight excluding hydrogens is 853 g/mol. The van der Waals surface area contributed by atoms with E-state index in [1.54, 1.807) is 0 Å². The van der Waals surface area contributed by atoms with Crippen LogP contribution in [0.15, 0.2) is 48.6 Å². The largest absolute Gasteiger partial charge is 0.462 e. The smallest absolute Gasteiger partial charge is 0.306 e. The Morgan fingerprint density at radius 3 is 1.55 bits per heavy atom. The zero-order valence-corrected chi connectivity index (χ0v) is 40.2. The van der Waals surface area contributed by atoms with Crippen LogP contribution in [0.2, 0.25) is 0 Å². The van der Waals surface area contributed by atoms with Gasteiger partial charge in [-0.25, -0.2) is 0 Å². The van der Waals surface area contributed by atoms with E-state index in [2.05, 4.69) is 62.5 Å². The first kappa shape index (κ1) is 59.6. The predicted octanol–water partition coefficient (Wildman–Crippen LogP) is 6.71. The lowest BCUT2D eigenvalue weighted by atomic mass is 9.98. The lowest BCUT2D eigenvalue weighted by molar-refractivity contribution is -0.332. The van der Waals surface area contributed by atoms with Gasteiger partial charge in [0.15, 0.2) is 18.7 Å². The van der Waals surface area contributed by atoms with Gasteiger partial charge in [-0.1, -0.05) is 133 Å². The van der Waals surface area contributed by atoms with Crippen molar-refractivity contribution in [3.05, 3.63) is 48.6 Å². The van der Waals surface area contributed by atoms with Crippen LogP contribution in [-0.4, -0.2) is 142 Å². The minimum atomic E-state index is -1.77. The molecule has 15 heteroatoms. The highest BCUT2D eigenvalue weighted by Gasteiger charge is 2.47. The van der Waals surface area contributed by atoms with E-state index >= 15 is 0 Å². The highest BCUT2D eigenvalue weighted by Crippen LogP contribution is 2.26. The molecule has 2 rings (SSSR count). The van der Waals surface area contributed by atoms with Crippen molar-refractivity contribution in [1.29, 1.82) is 0 Å². The molecular formula is C51H88O15. The van der Waals surface area contributed by atoms with Crippen LogP contribution in [0.5, 0.6) is 0 Å². The summed E-state index contributed by atoms with van der Waals surface area (Å²) in [5.41, 5.74) is 0. The molecule has 0 amide bonds. The Hall–Kier alpha value is -2.54. The van der Waals surface area contributed by atoms with Gasteiger partial charge in [-0.2, -0.15) is 0 Å². The normalized spacial score (nSPS) is 26.6. The topological polar surface area (TPSA) is 231 Å². The van der Waals surface area contributed by atoms with E-state index in [-0.39, 0.29) is 19.4 Å². The molecule has 66 heavy (non-hydrogen) atoms. The number of allylic oxidation sites excluding steroid dienone is 8. The summed E-state index contributed by atoms with van der Waals surface area (Å²) in [5, 5.41) is 72.0. The van der Waals surface area contributed by atoms with E-state index in [1.807, 2.05) is 0 Å². The number of rotatable bonds is 38. The Balaban J connectivity index is 1.85. The lowest BCUT2D eigenvalue weighted by Gasteiger charge is -2.42. The van der Waals surface area contributed by atoms with Crippen LogP contribution in [0, 0.1) is 0 Å². The van der Waals surface area contributed by atoms with Crippen LogP contribution in [0.25, 0.3) is 0 Å². The van der Waals surface area contributed by atoms with Crippen molar-refractivity contribution in [3.63, 3.8) is 0 Å². The Bertz CT molecular complexity index is 1340. The van der Waals surface area contributed by atoms with Crippen molar-refractivity contribution in [2.24, 2.45) is 0 Å². The van der Waals surface area contributed by atoms with Gasteiger partial charge in [-0.3, -0.25) is 9.59 Å². The number of carbonyl (C=O) groups is 2. The van der Waals surface area contributed by atoms with E-state index in [1.165, 1.54) is 64.2 Å². The Kier molecular flexibility index (Phi) is 34.6. The SMILES string of the molecule is CCCCCC/C=C/C=C/CCCCCCCC(=O)OC[C@H](CO[C@@H]1O[C@H](CO[C@@H]2O[C@H](CO)[C@H](O)C(O)C2O)[C@H](O)C(O)C1O)OC(=O)CCCC/C=C/C/C=C/CCCCCCCC. The molecule has 11 atom stereocenters. The van der Waals surface area contributed by atoms with Gasteiger partial charge in [-0.05, 0) is 70.6 Å². The number of hydrogen-bond acceptors (Lipinski definition) is 15. The first-order valence-corrected chi connectivity index (χ1v) is 25.2. The van der Waals surface area contributed by atoms with Crippen molar-refractivity contribution < 1.29 is 73.8 Å². The number of carbonyl (C=O) groups excluding carboxylic acids is 2. The Morgan fingerprint density at radius 1 is 0.500 bits per heavy atom. The van der Waals surface area contributed by atoms with Gasteiger partial charge in [-0.15, -0.1) is 0 Å².